The molecule has 140 valence electrons. The van der Waals surface area contributed by atoms with Gasteiger partial charge in [-0.2, -0.15) is 0 Å². The van der Waals surface area contributed by atoms with Gasteiger partial charge in [0, 0.05) is 17.0 Å². The Balaban J connectivity index is 1.65. The number of carbonyl (C=O) groups is 1. The van der Waals surface area contributed by atoms with Gasteiger partial charge in [-0.05, 0) is 37.0 Å². The van der Waals surface area contributed by atoms with Gasteiger partial charge in [-0.15, -0.1) is 11.3 Å². The second kappa shape index (κ2) is 8.54. The van der Waals surface area contributed by atoms with Crippen LogP contribution in [0.4, 0.5) is 0 Å². The second-order valence-electron chi connectivity index (χ2n) is 6.83. The number of aromatic nitrogens is 1. The zero-order valence-corrected chi connectivity index (χ0v) is 16.4. The van der Waals surface area contributed by atoms with Crippen molar-refractivity contribution in [3.05, 3.63) is 29.3 Å². The Kier molecular flexibility index (Phi) is 6.14. The molecule has 0 spiro atoms. The van der Waals surface area contributed by atoms with Gasteiger partial charge in [-0.25, -0.2) is 4.98 Å². The summed E-state index contributed by atoms with van der Waals surface area (Å²) in [5.41, 5.74) is 1.76. The lowest BCUT2D eigenvalue weighted by molar-refractivity contribution is -0.121. The summed E-state index contributed by atoms with van der Waals surface area (Å²) in [5, 5.41) is 6.02. The van der Waals surface area contributed by atoms with Crippen molar-refractivity contribution >= 4 is 17.2 Å². The van der Waals surface area contributed by atoms with Crippen LogP contribution < -0.4 is 14.8 Å². The molecule has 0 unspecified atom stereocenters. The van der Waals surface area contributed by atoms with Crippen molar-refractivity contribution in [2.75, 3.05) is 14.2 Å². The molecule has 0 aliphatic heterocycles. The molecule has 1 fully saturated rings. The fourth-order valence-corrected chi connectivity index (χ4v) is 4.26. The molecule has 0 saturated heterocycles. The summed E-state index contributed by atoms with van der Waals surface area (Å²) in [6.07, 6.45) is 5.09. The molecule has 5 nitrogen and oxygen atoms in total. The fraction of sp³-hybridized carbons (Fsp3) is 0.500. The molecule has 26 heavy (non-hydrogen) atoms. The lowest BCUT2D eigenvalue weighted by Crippen LogP contribution is -2.41. The van der Waals surface area contributed by atoms with Gasteiger partial charge in [0.2, 0.25) is 5.91 Å². The summed E-state index contributed by atoms with van der Waals surface area (Å²) in [6.45, 7) is 2.22. The van der Waals surface area contributed by atoms with E-state index in [0.717, 1.165) is 22.7 Å². The SMILES string of the molecule is COc1ccc(-c2nc(CC(=O)N[C@H]3CCCC[C@H]3C)cs2)cc1OC. The molecule has 1 amide bonds. The Hall–Kier alpha value is -2.08. The summed E-state index contributed by atoms with van der Waals surface area (Å²) in [7, 11) is 3.23. The van der Waals surface area contributed by atoms with Gasteiger partial charge >= 0.3 is 0 Å². The van der Waals surface area contributed by atoms with Crippen molar-refractivity contribution in [3.8, 4) is 22.1 Å². The average molecular weight is 375 g/mol. The van der Waals surface area contributed by atoms with Crippen LogP contribution in [-0.4, -0.2) is 31.2 Å². The molecule has 1 aliphatic carbocycles. The number of nitrogens with one attached hydrogen (secondary N) is 1. The van der Waals surface area contributed by atoms with E-state index in [4.69, 9.17) is 9.47 Å². The number of ether oxygens (including phenoxy) is 2. The minimum absolute atomic E-state index is 0.0629. The molecule has 1 N–H and O–H groups in total. The highest BCUT2D eigenvalue weighted by Crippen LogP contribution is 2.33. The molecule has 1 heterocycles. The zero-order valence-electron chi connectivity index (χ0n) is 15.6. The minimum Gasteiger partial charge on any atom is -0.493 e. The van der Waals surface area contributed by atoms with Crippen LogP contribution in [0.25, 0.3) is 10.6 Å². The van der Waals surface area contributed by atoms with Gasteiger partial charge in [0.05, 0.1) is 26.3 Å². The first kappa shape index (κ1) is 18.7. The van der Waals surface area contributed by atoms with Crippen LogP contribution in [0.5, 0.6) is 11.5 Å². The lowest BCUT2D eigenvalue weighted by atomic mass is 9.86. The fourth-order valence-electron chi connectivity index (χ4n) is 3.44. The summed E-state index contributed by atoms with van der Waals surface area (Å²) >= 11 is 1.54. The molecular formula is C20H26N2O3S. The number of nitrogens with zero attached hydrogens (tertiary/aromatic N) is 1. The van der Waals surface area contributed by atoms with Crippen LogP contribution in [0.2, 0.25) is 0 Å². The summed E-state index contributed by atoms with van der Waals surface area (Å²) in [4.78, 5) is 17.0. The Bertz CT molecular complexity index is 759. The van der Waals surface area contributed by atoms with Crippen LogP contribution in [0, 0.1) is 5.92 Å². The van der Waals surface area contributed by atoms with E-state index in [1.807, 2.05) is 23.6 Å². The van der Waals surface area contributed by atoms with E-state index in [2.05, 4.69) is 17.2 Å². The number of methoxy groups -OCH3 is 2. The highest BCUT2D eigenvalue weighted by atomic mass is 32.1. The quantitative estimate of drug-likeness (QED) is 0.828. The predicted octanol–water partition coefficient (Wildman–Crippen LogP) is 4.06. The maximum absolute atomic E-state index is 12.4. The number of amides is 1. The van der Waals surface area contributed by atoms with E-state index in [-0.39, 0.29) is 5.91 Å². The maximum Gasteiger partial charge on any atom is 0.226 e. The number of hydrogen-bond acceptors (Lipinski definition) is 5. The van der Waals surface area contributed by atoms with E-state index in [1.54, 1.807) is 14.2 Å². The van der Waals surface area contributed by atoms with Crippen molar-refractivity contribution in [1.82, 2.24) is 10.3 Å². The Morgan fingerprint density at radius 2 is 2.00 bits per heavy atom. The molecule has 3 rings (SSSR count). The summed E-state index contributed by atoms with van der Waals surface area (Å²) < 4.78 is 10.6. The highest BCUT2D eigenvalue weighted by molar-refractivity contribution is 7.13. The second-order valence-corrected chi connectivity index (χ2v) is 7.68. The Labute approximate surface area is 158 Å². The number of rotatable bonds is 6. The first-order chi connectivity index (χ1) is 12.6. The largest absolute Gasteiger partial charge is 0.493 e. The van der Waals surface area contributed by atoms with E-state index < -0.39 is 0 Å². The third-order valence-electron chi connectivity index (χ3n) is 4.98. The van der Waals surface area contributed by atoms with Gasteiger partial charge in [0.1, 0.15) is 5.01 Å². The number of hydrogen-bond donors (Lipinski definition) is 1. The lowest BCUT2D eigenvalue weighted by Gasteiger charge is -2.29. The highest BCUT2D eigenvalue weighted by Gasteiger charge is 2.23. The Morgan fingerprint density at radius 3 is 2.73 bits per heavy atom. The summed E-state index contributed by atoms with van der Waals surface area (Å²) in [6, 6.07) is 6.03. The molecular weight excluding hydrogens is 348 g/mol. The van der Waals surface area contributed by atoms with Gasteiger partial charge in [0.25, 0.3) is 0 Å². The molecule has 0 radical (unpaired) electrons. The van der Waals surface area contributed by atoms with Crippen LogP contribution in [-0.2, 0) is 11.2 Å². The van der Waals surface area contributed by atoms with Gasteiger partial charge < -0.3 is 14.8 Å². The van der Waals surface area contributed by atoms with Crippen LogP contribution >= 0.6 is 11.3 Å². The summed E-state index contributed by atoms with van der Waals surface area (Å²) in [5.74, 6) is 1.98. The standard InChI is InChI=1S/C20H26N2O3S/c1-13-6-4-5-7-16(13)22-19(23)11-15-12-26-20(21-15)14-8-9-17(24-2)18(10-14)25-3/h8-10,12-13,16H,4-7,11H2,1-3H3,(H,22,23)/t13-,16+/m1/s1. The van der Waals surface area contributed by atoms with Crippen LogP contribution in [0.15, 0.2) is 23.6 Å². The smallest absolute Gasteiger partial charge is 0.226 e. The van der Waals surface area contributed by atoms with E-state index in [9.17, 15) is 4.79 Å². The Morgan fingerprint density at radius 1 is 1.23 bits per heavy atom. The monoisotopic (exact) mass is 374 g/mol. The molecule has 2 atom stereocenters. The molecule has 1 aliphatic rings. The van der Waals surface area contributed by atoms with Crippen LogP contribution in [0.1, 0.15) is 38.3 Å². The topological polar surface area (TPSA) is 60.5 Å². The normalized spacial score (nSPS) is 19.8. The van der Waals surface area contributed by atoms with Crippen molar-refractivity contribution in [2.45, 2.75) is 45.1 Å². The number of thiazole rings is 1. The van der Waals surface area contributed by atoms with Crippen molar-refractivity contribution in [3.63, 3.8) is 0 Å². The van der Waals surface area contributed by atoms with Crippen molar-refractivity contribution < 1.29 is 14.3 Å². The first-order valence-corrected chi connectivity index (χ1v) is 9.95. The molecule has 2 aromatic rings. The zero-order chi connectivity index (χ0) is 18.5. The van der Waals surface area contributed by atoms with E-state index in [1.165, 1.54) is 30.6 Å². The average Bonchev–Trinajstić information content (AvgIpc) is 3.11. The van der Waals surface area contributed by atoms with Crippen molar-refractivity contribution in [1.29, 1.82) is 0 Å². The minimum atomic E-state index is 0.0629. The third-order valence-corrected chi connectivity index (χ3v) is 5.92. The molecule has 1 aromatic carbocycles. The third kappa shape index (κ3) is 4.36. The van der Waals surface area contributed by atoms with Crippen LogP contribution in [0.3, 0.4) is 0 Å². The molecule has 6 heteroatoms. The number of benzene rings is 1. The maximum atomic E-state index is 12.4. The van der Waals surface area contributed by atoms with E-state index in [0.29, 0.717) is 29.9 Å². The molecule has 0 bridgehead atoms. The van der Waals surface area contributed by atoms with E-state index >= 15 is 0 Å². The first-order valence-electron chi connectivity index (χ1n) is 9.07. The van der Waals surface area contributed by atoms with Crippen molar-refractivity contribution in [2.24, 2.45) is 5.92 Å². The van der Waals surface area contributed by atoms with Gasteiger partial charge in [0.15, 0.2) is 11.5 Å². The van der Waals surface area contributed by atoms with Gasteiger partial charge in [-0.3, -0.25) is 4.79 Å². The predicted molar refractivity (Wildman–Crippen MR) is 104 cm³/mol. The number of carbonyl (C=O) groups excluding carboxylic acids is 1. The molecule has 1 aromatic heterocycles. The molecule has 1 saturated carbocycles. The van der Waals surface area contributed by atoms with Gasteiger partial charge in [-0.1, -0.05) is 19.8 Å².